The number of carbonyl (C=O) groups is 2. The Hall–Kier alpha value is -2.78. The van der Waals surface area contributed by atoms with E-state index < -0.39 is 11.5 Å². The number of nitrogens with zero attached hydrogens (tertiary/aromatic N) is 3. The highest BCUT2D eigenvalue weighted by molar-refractivity contribution is 7.13. The fraction of sp³-hybridized carbons (Fsp3) is 0.133. The number of nitrogens with one attached hydrogen (secondary N) is 1. The van der Waals surface area contributed by atoms with E-state index in [1.54, 1.807) is 18.2 Å². The average molecular weight is 378 g/mol. The lowest BCUT2D eigenvalue weighted by Gasteiger charge is -2.08. The summed E-state index contributed by atoms with van der Waals surface area (Å²) in [5.74, 6) is -1.13. The quantitative estimate of drug-likeness (QED) is 0.685. The molecule has 2 amide bonds. The summed E-state index contributed by atoms with van der Waals surface area (Å²) in [4.78, 5) is 39.7. The second kappa shape index (κ2) is 6.99. The molecule has 1 aromatic carbocycles. The van der Waals surface area contributed by atoms with Crippen molar-refractivity contribution in [3.63, 3.8) is 0 Å². The Morgan fingerprint density at radius 1 is 1.32 bits per heavy atom. The highest BCUT2D eigenvalue weighted by atomic mass is 35.5. The van der Waals surface area contributed by atoms with Crippen LogP contribution in [0.5, 0.6) is 0 Å². The number of primary amides is 1. The first-order valence-electron chi connectivity index (χ1n) is 7.12. The number of hydrogen-bond acceptors (Lipinski definition) is 6. The SMILES string of the molecule is NC(=O)c1nsc2c(=O)n(CC(=O)NCc3ccccc3Cl)cnc12. The van der Waals surface area contributed by atoms with Gasteiger partial charge in [-0.2, -0.15) is 4.37 Å². The summed E-state index contributed by atoms with van der Waals surface area (Å²) in [5, 5.41) is 3.24. The van der Waals surface area contributed by atoms with Crippen molar-refractivity contribution in [2.24, 2.45) is 5.73 Å². The molecule has 0 aliphatic carbocycles. The molecule has 0 aliphatic heterocycles. The third kappa shape index (κ3) is 3.52. The fourth-order valence-corrected chi connectivity index (χ4v) is 3.17. The van der Waals surface area contributed by atoms with Crippen LogP contribution in [0.2, 0.25) is 5.02 Å². The van der Waals surface area contributed by atoms with E-state index in [1.807, 2.05) is 6.07 Å². The number of carbonyl (C=O) groups excluding carboxylic acids is 2. The number of amides is 2. The standard InChI is InChI=1S/C15H12ClN5O3S/c16-9-4-2-1-3-8(9)5-18-10(22)6-21-7-19-11-12(14(17)23)20-25-13(11)15(21)24/h1-4,7H,5-6H2,(H2,17,23)(H,18,22). The van der Waals surface area contributed by atoms with Crippen LogP contribution in [-0.4, -0.2) is 25.7 Å². The first kappa shape index (κ1) is 17.1. The maximum absolute atomic E-state index is 12.4. The molecule has 2 aromatic heterocycles. The minimum absolute atomic E-state index is 0.0487. The van der Waals surface area contributed by atoms with Gasteiger partial charge in [0, 0.05) is 11.6 Å². The van der Waals surface area contributed by atoms with Gasteiger partial charge in [-0.15, -0.1) is 0 Å². The van der Waals surface area contributed by atoms with E-state index in [0.29, 0.717) is 5.02 Å². The predicted molar refractivity (Wildman–Crippen MR) is 93.5 cm³/mol. The van der Waals surface area contributed by atoms with Crippen molar-refractivity contribution < 1.29 is 9.59 Å². The Balaban J connectivity index is 1.75. The van der Waals surface area contributed by atoms with Crippen LogP contribution in [0.15, 0.2) is 35.4 Å². The third-order valence-corrected chi connectivity index (χ3v) is 4.62. The van der Waals surface area contributed by atoms with Crippen molar-refractivity contribution in [3.05, 3.63) is 57.2 Å². The summed E-state index contributed by atoms with van der Waals surface area (Å²) in [7, 11) is 0. The summed E-state index contributed by atoms with van der Waals surface area (Å²) >= 11 is 6.85. The van der Waals surface area contributed by atoms with Gasteiger partial charge in [-0.3, -0.25) is 19.0 Å². The zero-order chi connectivity index (χ0) is 18.0. The lowest BCUT2D eigenvalue weighted by atomic mass is 10.2. The van der Waals surface area contributed by atoms with Gasteiger partial charge < -0.3 is 11.1 Å². The second-order valence-electron chi connectivity index (χ2n) is 5.12. The van der Waals surface area contributed by atoms with Crippen molar-refractivity contribution in [1.82, 2.24) is 19.2 Å². The molecule has 0 fully saturated rings. The van der Waals surface area contributed by atoms with Crippen LogP contribution < -0.4 is 16.6 Å². The minimum atomic E-state index is -0.756. The highest BCUT2D eigenvalue weighted by Crippen LogP contribution is 2.16. The summed E-state index contributed by atoms with van der Waals surface area (Å²) in [5.41, 5.74) is 5.60. The first-order chi connectivity index (χ1) is 12.0. The van der Waals surface area contributed by atoms with Crippen LogP contribution in [0.25, 0.3) is 10.2 Å². The average Bonchev–Trinajstić information content (AvgIpc) is 3.02. The Labute approximate surface area is 150 Å². The molecular formula is C15H12ClN5O3S. The van der Waals surface area contributed by atoms with Crippen LogP contribution in [0.4, 0.5) is 0 Å². The normalized spacial score (nSPS) is 10.8. The molecule has 0 saturated heterocycles. The molecule has 3 rings (SSSR count). The van der Waals surface area contributed by atoms with E-state index in [9.17, 15) is 14.4 Å². The molecule has 3 aromatic rings. The lowest BCUT2D eigenvalue weighted by Crippen LogP contribution is -2.32. The van der Waals surface area contributed by atoms with Gasteiger partial charge in [0.2, 0.25) is 5.91 Å². The van der Waals surface area contributed by atoms with Crippen molar-refractivity contribution in [1.29, 1.82) is 0 Å². The zero-order valence-electron chi connectivity index (χ0n) is 12.7. The first-order valence-corrected chi connectivity index (χ1v) is 8.27. The topological polar surface area (TPSA) is 120 Å². The number of aromatic nitrogens is 3. The van der Waals surface area contributed by atoms with Crippen molar-refractivity contribution >= 4 is 45.2 Å². The zero-order valence-corrected chi connectivity index (χ0v) is 14.3. The molecule has 0 bridgehead atoms. The van der Waals surface area contributed by atoms with Crippen LogP contribution in [0.1, 0.15) is 16.1 Å². The molecule has 0 atom stereocenters. The van der Waals surface area contributed by atoms with E-state index in [0.717, 1.165) is 21.7 Å². The highest BCUT2D eigenvalue weighted by Gasteiger charge is 2.17. The summed E-state index contributed by atoms with van der Waals surface area (Å²) in [6.07, 6.45) is 1.20. The smallest absolute Gasteiger partial charge is 0.273 e. The molecule has 0 spiro atoms. The third-order valence-electron chi connectivity index (χ3n) is 3.43. The summed E-state index contributed by atoms with van der Waals surface area (Å²) in [6, 6.07) is 7.13. The van der Waals surface area contributed by atoms with Crippen LogP contribution in [-0.2, 0) is 17.9 Å². The molecule has 0 radical (unpaired) electrons. The van der Waals surface area contributed by atoms with Crippen molar-refractivity contribution in [2.45, 2.75) is 13.1 Å². The molecule has 0 aliphatic rings. The molecule has 25 heavy (non-hydrogen) atoms. The van der Waals surface area contributed by atoms with E-state index in [1.165, 1.54) is 6.33 Å². The minimum Gasteiger partial charge on any atom is -0.364 e. The Morgan fingerprint density at radius 3 is 2.80 bits per heavy atom. The van der Waals surface area contributed by atoms with Gasteiger partial charge in [-0.25, -0.2) is 4.98 Å². The van der Waals surface area contributed by atoms with Gasteiger partial charge in [-0.1, -0.05) is 29.8 Å². The van der Waals surface area contributed by atoms with Crippen molar-refractivity contribution in [3.8, 4) is 0 Å². The van der Waals surface area contributed by atoms with Crippen LogP contribution >= 0.6 is 23.1 Å². The van der Waals surface area contributed by atoms with Crippen LogP contribution in [0, 0.1) is 0 Å². The van der Waals surface area contributed by atoms with Gasteiger partial charge in [0.25, 0.3) is 11.5 Å². The number of rotatable bonds is 5. The number of nitrogens with two attached hydrogens (primary N) is 1. The van der Waals surface area contributed by atoms with Gasteiger partial charge in [0.1, 0.15) is 16.8 Å². The number of benzene rings is 1. The fourth-order valence-electron chi connectivity index (χ4n) is 2.18. The van der Waals surface area contributed by atoms with Gasteiger partial charge in [-0.05, 0) is 23.2 Å². The second-order valence-corrected chi connectivity index (χ2v) is 6.30. The van der Waals surface area contributed by atoms with E-state index >= 15 is 0 Å². The lowest BCUT2D eigenvalue weighted by molar-refractivity contribution is -0.121. The molecule has 3 N–H and O–H groups in total. The molecule has 0 unspecified atom stereocenters. The summed E-state index contributed by atoms with van der Waals surface area (Å²) < 4.78 is 5.16. The number of halogens is 1. The molecule has 2 heterocycles. The molecule has 0 saturated carbocycles. The Kier molecular flexibility index (Phi) is 4.77. The Morgan fingerprint density at radius 2 is 2.08 bits per heavy atom. The van der Waals surface area contributed by atoms with Crippen LogP contribution in [0.3, 0.4) is 0 Å². The molecular weight excluding hydrogens is 366 g/mol. The number of hydrogen-bond donors (Lipinski definition) is 2. The predicted octanol–water partition coefficient (Wildman–Crippen LogP) is 0.922. The van der Waals surface area contributed by atoms with E-state index in [-0.39, 0.29) is 34.9 Å². The van der Waals surface area contributed by atoms with Gasteiger partial charge in [0.15, 0.2) is 5.69 Å². The monoisotopic (exact) mass is 377 g/mol. The maximum Gasteiger partial charge on any atom is 0.273 e. The van der Waals surface area contributed by atoms with Crippen molar-refractivity contribution in [2.75, 3.05) is 0 Å². The summed E-state index contributed by atoms with van der Waals surface area (Å²) in [6.45, 7) is 0.0331. The van der Waals surface area contributed by atoms with Gasteiger partial charge >= 0.3 is 0 Å². The van der Waals surface area contributed by atoms with E-state index in [4.69, 9.17) is 17.3 Å². The largest absolute Gasteiger partial charge is 0.364 e. The Bertz CT molecular complexity index is 1030. The molecule has 10 heteroatoms. The molecule has 128 valence electrons. The van der Waals surface area contributed by atoms with Gasteiger partial charge in [0.05, 0.1) is 6.33 Å². The molecule has 8 nitrogen and oxygen atoms in total. The number of fused-ring (bicyclic) bond motifs is 1. The van der Waals surface area contributed by atoms with E-state index in [2.05, 4.69) is 14.7 Å². The maximum atomic E-state index is 12.4.